The van der Waals surface area contributed by atoms with E-state index in [0.29, 0.717) is 0 Å². The number of hydrogen-bond donors (Lipinski definition) is 1. The summed E-state index contributed by atoms with van der Waals surface area (Å²) in [6.45, 7) is 0.364. The number of ether oxygens (including phenoxy) is 1. The maximum Gasteiger partial charge on any atom is 0.442 e. The number of carboxylic acid groups (broad SMARTS) is 1. The van der Waals surface area contributed by atoms with Crippen molar-refractivity contribution in [3.8, 4) is 0 Å². The molecule has 9 heteroatoms. The summed E-state index contributed by atoms with van der Waals surface area (Å²) in [6, 6.07) is -0.697. The number of amides is 1. The Hall–Kier alpha value is -0.960. The summed E-state index contributed by atoms with van der Waals surface area (Å²) in [5, 5.41) is 8.65. The van der Waals surface area contributed by atoms with E-state index >= 15 is 0 Å². The average Bonchev–Trinajstić information content (AvgIpc) is 2.25. The quantitative estimate of drug-likeness (QED) is 0.833. The fraction of sp³-hybridized carbons (Fsp3) is 0.778. The molecule has 0 radical (unpaired) electrons. The van der Waals surface area contributed by atoms with Crippen molar-refractivity contribution in [1.29, 1.82) is 0 Å². The van der Waals surface area contributed by atoms with Gasteiger partial charge in [-0.3, -0.25) is 9.59 Å². The lowest BCUT2D eigenvalue weighted by molar-refractivity contribution is -0.145. The fourth-order valence-corrected chi connectivity index (χ4v) is 2.03. The second-order valence-electron chi connectivity index (χ2n) is 3.65. The van der Waals surface area contributed by atoms with Crippen molar-refractivity contribution in [3.05, 3.63) is 0 Å². The van der Waals surface area contributed by atoms with Crippen LogP contribution in [-0.4, -0.2) is 58.9 Å². The summed E-state index contributed by atoms with van der Waals surface area (Å²) in [4.78, 5) is 23.3. The van der Waals surface area contributed by atoms with E-state index in [1.807, 2.05) is 0 Å². The molecule has 1 N–H and O–H groups in total. The molecule has 0 saturated carbocycles. The van der Waals surface area contributed by atoms with Gasteiger partial charge in [-0.1, -0.05) is 0 Å². The van der Waals surface area contributed by atoms with E-state index in [2.05, 4.69) is 0 Å². The first-order valence-corrected chi connectivity index (χ1v) is 6.08. The minimum absolute atomic E-state index is 0.0364. The predicted octanol–water partition coefficient (Wildman–Crippen LogP) is 0.941. The number of carbonyl (C=O) groups excluding carboxylic acids is 1. The van der Waals surface area contributed by atoms with Crippen LogP contribution in [0.1, 0.15) is 6.42 Å². The normalized spacial score (nSPS) is 20.8. The van der Waals surface area contributed by atoms with E-state index in [-0.39, 0.29) is 26.2 Å². The smallest absolute Gasteiger partial charge is 0.442 e. The molecular weight excluding hydrogens is 275 g/mol. The van der Waals surface area contributed by atoms with Crippen LogP contribution in [0.2, 0.25) is 0 Å². The van der Waals surface area contributed by atoms with Gasteiger partial charge < -0.3 is 14.7 Å². The molecule has 1 aliphatic heterocycles. The molecular formula is C9H12F3NO4S. The molecule has 1 rings (SSSR count). The van der Waals surface area contributed by atoms with Gasteiger partial charge in [-0.05, 0) is 11.8 Å². The number of alkyl halides is 3. The van der Waals surface area contributed by atoms with E-state index in [9.17, 15) is 22.8 Å². The number of halogens is 3. The summed E-state index contributed by atoms with van der Waals surface area (Å²) in [5.74, 6) is -2.57. The van der Waals surface area contributed by atoms with Gasteiger partial charge in [0.05, 0.1) is 31.4 Å². The molecule has 0 aromatic rings. The number of carbonyl (C=O) groups is 2. The summed E-state index contributed by atoms with van der Waals surface area (Å²) >= 11 is -0.423. The lowest BCUT2D eigenvalue weighted by Crippen LogP contribution is -2.50. The van der Waals surface area contributed by atoms with Crippen LogP contribution in [0.4, 0.5) is 13.2 Å². The van der Waals surface area contributed by atoms with E-state index in [1.54, 1.807) is 0 Å². The highest BCUT2D eigenvalue weighted by atomic mass is 32.2. The van der Waals surface area contributed by atoms with Crippen LogP contribution in [-0.2, 0) is 14.3 Å². The van der Waals surface area contributed by atoms with Crippen LogP contribution in [0, 0.1) is 0 Å². The SMILES string of the molecule is O=C(O)CC1COCCN1C(=O)CSC(F)(F)F. The van der Waals surface area contributed by atoms with E-state index < -0.39 is 40.9 Å². The maximum absolute atomic E-state index is 12.0. The average molecular weight is 287 g/mol. The zero-order valence-electron chi connectivity index (χ0n) is 9.27. The monoisotopic (exact) mass is 287 g/mol. The number of morpholine rings is 1. The van der Waals surface area contributed by atoms with Crippen molar-refractivity contribution >= 4 is 23.6 Å². The second-order valence-corrected chi connectivity index (χ2v) is 4.69. The number of carboxylic acids is 1. The molecule has 1 unspecified atom stereocenters. The molecule has 0 bridgehead atoms. The maximum atomic E-state index is 12.0. The van der Waals surface area contributed by atoms with Crippen molar-refractivity contribution in [3.63, 3.8) is 0 Å². The Balaban J connectivity index is 2.54. The number of aliphatic carboxylic acids is 1. The minimum Gasteiger partial charge on any atom is -0.481 e. The summed E-state index contributed by atoms with van der Waals surface area (Å²) < 4.78 is 40.9. The van der Waals surface area contributed by atoms with E-state index in [0.717, 1.165) is 4.90 Å². The lowest BCUT2D eigenvalue weighted by atomic mass is 10.1. The fourth-order valence-electron chi connectivity index (χ4n) is 1.58. The summed E-state index contributed by atoms with van der Waals surface area (Å²) in [6.07, 6.45) is -0.331. The summed E-state index contributed by atoms with van der Waals surface area (Å²) in [7, 11) is 0. The van der Waals surface area contributed by atoms with Crippen LogP contribution in [0.5, 0.6) is 0 Å². The standard InChI is InChI=1S/C9H12F3NO4S/c10-9(11,12)18-5-7(14)13-1-2-17-4-6(13)3-8(15)16/h6H,1-5H2,(H,15,16). The zero-order valence-corrected chi connectivity index (χ0v) is 10.1. The van der Waals surface area contributed by atoms with Gasteiger partial charge >= 0.3 is 11.5 Å². The Labute approximate surface area is 105 Å². The molecule has 18 heavy (non-hydrogen) atoms. The molecule has 0 spiro atoms. The Morgan fingerprint density at radius 3 is 2.67 bits per heavy atom. The van der Waals surface area contributed by atoms with Crippen molar-refractivity contribution in [1.82, 2.24) is 4.90 Å². The molecule has 0 aliphatic carbocycles. The van der Waals surface area contributed by atoms with Gasteiger partial charge in [-0.15, -0.1) is 0 Å². The molecule has 1 saturated heterocycles. The number of rotatable bonds is 4. The van der Waals surface area contributed by atoms with Crippen molar-refractivity contribution in [2.75, 3.05) is 25.5 Å². The first kappa shape index (κ1) is 15.1. The van der Waals surface area contributed by atoms with E-state index in [1.165, 1.54) is 0 Å². The van der Waals surface area contributed by atoms with Gasteiger partial charge in [0, 0.05) is 6.54 Å². The molecule has 1 amide bonds. The Bertz CT molecular complexity index is 323. The van der Waals surface area contributed by atoms with Gasteiger partial charge in [0.25, 0.3) is 0 Å². The van der Waals surface area contributed by atoms with Crippen LogP contribution in [0.15, 0.2) is 0 Å². The highest BCUT2D eigenvalue weighted by molar-refractivity contribution is 8.00. The molecule has 0 aromatic carbocycles. The van der Waals surface area contributed by atoms with Crippen LogP contribution < -0.4 is 0 Å². The molecule has 1 aliphatic rings. The van der Waals surface area contributed by atoms with Crippen LogP contribution in [0.25, 0.3) is 0 Å². The molecule has 5 nitrogen and oxygen atoms in total. The van der Waals surface area contributed by atoms with Crippen LogP contribution in [0.3, 0.4) is 0 Å². The van der Waals surface area contributed by atoms with Crippen LogP contribution >= 0.6 is 11.8 Å². The predicted molar refractivity (Wildman–Crippen MR) is 57.1 cm³/mol. The second kappa shape index (κ2) is 6.28. The third kappa shape index (κ3) is 5.13. The van der Waals surface area contributed by atoms with Crippen molar-refractivity contribution in [2.45, 2.75) is 18.0 Å². The Morgan fingerprint density at radius 1 is 1.44 bits per heavy atom. The van der Waals surface area contributed by atoms with Gasteiger partial charge in [0.2, 0.25) is 5.91 Å². The molecule has 0 aromatic heterocycles. The zero-order chi connectivity index (χ0) is 13.8. The third-order valence-electron chi connectivity index (χ3n) is 2.32. The number of thioether (sulfide) groups is 1. The largest absolute Gasteiger partial charge is 0.481 e. The molecule has 104 valence electrons. The lowest BCUT2D eigenvalue weighted by Gasteiger charge is -2.34. The Morgan fingerprint density at radius 2 is 2.11 bits per heavy atom. The molecule has 1 heterocycles. The minimum atomic E-state index is -4.47. The highest BCUT2D eigenvalue weighted by Gasteiger charge is 2.33. The van der Waals surface area contributed by atoms with Crippen molar-refractivity contribution in [2.24, 2.45) is 0 Å². The Kier molecular flexibility index (Phi) is 5.27. The van der Waals surface area contributed by atoms with Gasteiger partial charge in [0.15, 0.2) is 0 Å². The van der Waals surface area contributed by atoms with E-state index in [4.69, 9.17) is 9.84 Å². The summed E-state index contributed by atoms with van der Waals surface area (Å²) in [5.41, 5.74) is -4.47. The van der Waals surface area contributed by atoms with Crippen molar-refractivity contribution < 1.29 is 32.6 Å². The third-order valence-corrected chi connectivity index (χ3v) is 3.04. The highest BCUT2D eigenvalue weighted by Crippen LogP contribution is 2.30. The molecule has 1 atom stereocenters. The first-order chi connectivity index (χ1) is 8.29. The van der Waals surface area contributed by atoms with Gasteiger partial charge in [0.1, 0.15) is 0 Å². The first-order valence-electron chi connectivity index (χ1n) is 5.09. The number of nitrogens with zero attached hydrogens (tertiary/aromatic N) is 1. The molecule has 1 fully saturated rings. The topological polar surface area (TPSA) is 66.8 Å². The number of hydrogen-bond acceptors (Lipinski definition) is 4. The van der Waals surface area contributed by atoms with Gasteiger partial charge in [-0.25, -0.2) is 0 Å². The van der Waals surface area contributed by atoms with Gasteiger partial charge in [-0.2, -0.15) is 13.2 Å².